The maximum atomic E-state index is 13.3. The van der Waals surface area contributed by atoms with Gasteiger partial charge in [-0.1, -0.05) is 35.6 Å². The van der Waals surface area contributed by atoms with Crippen LogP contribution in [-0.2, 0) is 11.2 Å². The molecule has 7 nitrogen and oxygen atoms in total. The van der Waals surface area contributed by atoms with Gasteiger partial charge in [-0.2, -0.15) is 0 Å². The van der Waals surface area contributed by atoms with Gasteiger partial charge in [0, 0.05) is 12.1 Å². The molecule has 1 unspecified atom stereocenters. The van der Waals surface area contributed by atoms with Crippen molar-refractivity contribution in [1.82, 2.24) is 15.3 Å². The first-order chi connectivity index (χ1) is 16.0. The largest absolute Gasteiger partial charge is 0.464 e. The van der Waals surface area contributed by atoms with Crippen LogP contribution in [0.3, 0.4) is 0 Å². The van der Waals surface area contributed by atoms with Crippen LogP contribution < -0.4 is 10.6 Å². The summed E-state index contributed by atoms with van der Waals surface area (Å²) in [6, 6.07) is 16.8. The number of aromatic nitrogens is 2. The molecule has 3 heterocycles. The lowest BCUT2D eigenvalue weighted by atomic mass is 9.87. The van der Waals surface area contributed by atoms with Crippen molar-refractivity contribution in [3.05, 3.63) is 87.1 Å². The maximum absolute atomic E-state index is 13.3. The first-order valence-electron chi connectivity index (χ1n) is 10.3. The molecule has 2 aromatic carbocycles. The number of hydrogen-bond acceptors (Lipinski definition) is 7. The molecule has 5 rings (SSSR count). The molecule has 1 aliphatic heterocycles. The van der Waals surface area contributed by atoms with Crippen molar-refractivity contribution in [2.24, 2.45) is 0 Å². The number of benzene rings is 2. The van der Waals surface area contributed by atoms with Gasteiger partial charge in [-0.15, -0.1) is 0 Å². The van der Waals surface area contributed by atoms with Crippen LogP contribution in [-0.4, -0.2) is 35.5 Å². The lowest BCUT2D eigenvalue weighted by molar-refractivity contribution is 0.0592. The fourth-order valence-electron chi connectivity index (χ4n) is 4.02. The number of carbonyl (C=O) groups excluding carboxylic acids is 2. The summed E-state index contributed by atoms with van der Waals surface area (Å²) >= 11 is 4.80. The molecule has 0 aliphatic carbocycles. The van der Waals surface area contributed by atoms with Gasteiger partial charge in [-0.05, 0) is 63.8 Å². The van der Waals surface area contributed by atoms with Crippen LogP contribution in [0.15, 0.2) is 59.1 Å². The van der Waals surface area contributed by atoms with Gasteiger partial charge < -0.3 is 10.1 Å². The Morgan fingerprint density at radius 1 is 1.12 bits per heavy atom. The second kappa shape index (κ2) is 9.01. The number of thiazole rings is 1. The van der Waals surface area contributed by atoms with Crippen LogP contribution in [0.5, 0.6) is 0 Å². The monoisotopic (exact) mass is 522 g/mol. The van der Waals surface area contributed by atoms with E-state index in [2.05, 4.69) is 36.5 Å². The molecule has 4 aromatic rings. The number of esters is 1. The molecule has 0 bridgehead atoms. The van der Waals surface area contributed by atoms with Crippen molar-refractivity contribution in [1.29, 1.82) is 0 Å². The zero-order valence-corrected chi connectivity index (χ0v) is 20.0. The van der Waals surface area contributed by atoms with Gasteiger partial charge in [0.25, 0.3) is 5.91 Å². The number of methoxy groups -OCH3 is 1. The number of halogens is 1. The first kappa shape index (κ1) is 21.7. The second-order valence-electron chi connectivity index (χ2n) is 7.51. The highest BCUT2D eigenvalue weighted by Crippen LogP contribution is 2.33. The summed E-state index contributed by atoms with van der Waals surface area (Å²) in [5.41, 5.74) is 4.16. The Labute approximate surface area is 202 Å². The molecule has 2 N–H and O–H groups in total. The molecule has 0 saturated heterocycles. The highest BCUT2D eigenvalue weighted by molar-refractivity contribution is 9.10. The van der Waals surface area contributed by atoms with Crippen LogP contribution >= 0.6 is 27.3 Å². The number of nitrogens with zero attached hydrogens (tertiary/aromatic N) is 2. The Balaban J connectivity index is 1.53. The van der Waals surface area contributed by atoms with Gasteiger partial charge in [0.05, 0.1) is 33.5 Å². The summed E-state index contributed by atoms with van der Waals surface area (Å²) < 4.78 is 6.42. The number of fused-ring (bicyclic) bond motifs is 2. The third-order valence-electron chi connectivity index (χ3n) is 5.53. The number of nitrogens with one attached hydrogen (secondary N) is 2. The smallest absolute Gasteiger partial charge is 0.357 e. The molecule has 33 heavy (non-hydrogen) atoms. The van der Waals surface area contributed by atoms with Crippen molar-refractivity contribution < 1.29 is 14.3 Å². The standard InChI is InChI=1S/C24H19BrN4O3S/c1-32-23(31)20-15(25)9-10-17(27-20)21-19-13(11-12-26-21)5-4-6-14(19)22(30)29-24-28-16-7-2-3-8-18(16)33-24/h2-10,21,26H,11-12H2,1H3,(H,28,29,30). The Morgan fingerprint density at radius 2 is 1.97 bits per heavy atom. The van der Waals surface area contributed by atoms with Crippen LogP contribution in [0.4, 0.5) is 5.13 Å². The van der Waals surface area contributed by atoms with E-state index in [4.69, 9.17) is 4.74 Å². The van der Waals surface area contributed by atoms with E-state index in [-0.39, 0.29) is 17.6 Å². The van der Waals surface area contributed by atoms with E-state index in [0.29, 0.717) is 20.9 Å². The number of carbonyl (C=O) groups is 2. The lowest BCUT2D eigenvalue weighted by Gasteiger charge is -2.29. The Kier molecular flexibility index (Phi) is 5.92. The summed E-state index contributed by atoms with van der Waals surface area (Å²) in [6.45, 7) is 0.728. The predicted molar refractivity (Wildman–Crippen MR) is 131 cm³/mol. The van der Waals surface area contributed by atoms with Gasteiger partial charge in [0.15, 0.2) is 10.8 Å². The molecule has 9 heteroatoms. The number of pyridine rings is 1. The highest BCUT2D eigenvalue weighted by atomic mass is 79.9. The lowest BCUT2D eigenvalue weighted by Crippen LogP contribution is -2.33. The minimum Gasteiger partial charge on any atom is -0.464 e. The summed E-state index contributed by atoms with van der Waals surface area (Å²) in [5.74, 6) is -0.758. The number of hydrogen-bond donors (Lipinski definition) is 2. The average Bonchev–Trinajstić information content (AvgIpc) is 3.25. The van der Waals surface area contributed by atoms with E-state index in [1.807, 2.05) is 48.5 Å². The Hall–Kier alpha value is -3.14. The number of anilines is 1. The van der Waals surface area contributed by atoms with Crippen LogP contribution in [0.2, 0.25) is 0 Å². The normalized spacial score (nSPS) is 15.2. The van der Waals surface area contributed by atoms with Crippen molar-refractivity contribution in [3.63, 3.8) is 0 Å². The summed E-state index contributed by atoms with van der Waals surface area (Å²) in [7, 11) is 1.32. The van der Waals surface area contributed by atoms with Gasteiger partial charge >= 0.3 is 5.97 Å². The summed E-state index contributed by atoms with van der Waals surface area (Å²) in [6.07, 6.45) is 0.786. The van der Waals surface area contributed by atoms with Gasteiger partial charge in [0.2, 0.25) is 0 Å². The molecule has 1 atom stereocenters. The fraction of sp³-hybridized carbons (Fsp3) is 0.167. The third-order valence-corrected chi connectivity index (χ3v) is 7.12. The Bertz CT molecular complexity index is 1350. The van der Waals surface area contributed by atoms with Crippen LogP contribution in [0.25, 0.3) is 10.2 Å². The topological polar surface area (TPSA) is 93.2 Å². The summed E-state index contributed by atoms with van der Waals surface area (Å²) in [4.78, 5) is 34.6. The number of rotatable bonds is 4. The molecular weight excluding hydrogens is 504 g/mol. The SMILES string of the molecule is COC(=O)c1nc(C2NCCc3cccc(C(=O)Nc4nc5ccccc5s4)c32)ccc1Br. The van der Waals surface area contributed by atoms with Crippen molar-refractivity contribution in [3.8, 4) is 0 Å². The zero-order chi connectivity index (χ0) is 22.9. The number of amides is 1. The van der Waals surface area contributed by atoms with Crippen molar-refractivity contribution in [2.45, 2.75) is 12.5 Å². The Morgan fingerprint density at radius 3 is 2.79 bits per heavy atom. The average molecular weight is 523 g/mol. The van der Waals surface area contributed by atoms with Crippen molar-refractivity contribution in [2.75, 3.05) is 19.0 Å². The van der Waals surface area contributed by atoms with E-state index in [1.165, 1.54) is 18.4 Å². The van der Waals surface area contributed by atoms with Gasteiger partial charge in [0.1, 0.15) is 0 Å². The molecule has 1 aliphatic rings. The van der Waals surface area contributed by atoms with E-state index >= 15 is 0 Å². The minimum atomic E-state index is -0.526. The minimum absolute atomic E-state index is 0.195. The summed E-state index contributed by atoms with van der Waals surface area (Å²) in [5, 5.41) is 6.96. The van der Waals surface area contributed by atoms with Crippen LogP contribution in [0.1, 0.15) is 43.7 Å². The molecule has 2 aromatic heterocycles. The first-order valence-corrected chi connectivity index (χ1v) is 11.9. The van der Waals surface area contributed by atoms with E-state index in [9.17, 15) is 9.59 Å². The second-order valence-corrected chi connectivity index (χ2v) is 9.40. The molecule has 0 saturated carbocycles. The zero-order valence-electron chi connectivity index (χ0n) is 17.6. The highest BCUT2D eigenvalue weighted by Gasteiger charge is 2.29. The van der Waals surface area contributed by atoms with E-state index < -0.39 is 5.97 Å². The van der Waals surface area contributed by atoms with Crippen LogP contribution in [0, 0.1) is 0 Å². The van der Waals surface area contributed by atoms with Crippen molar-refractivity contribution >= 4 is 54.5 Å². The fourth-order valence-corrected chi connectivity index (χ4v) is 5.27. The van der Waals surface area contributed by atoms with E-state index in [0.717, 1.165) is 34.3 Å². The third kappa shape index (κ3) is 4.15. The van der Waals surface area contributed by atoms with Gasteiger partial charge in [-0.3, -0.25) is 10.1 Å². The number of ether oxygens (including phenoxy) is 1. The molecule has 166 valence electrons. The van der Waals surface area contributed by atoms with E-state index in [1.54, 1.807) is 6.07 Å². The molecule has 0 radical (unpaired) electrons. The number of para-hydroxylation sites is 1. The molecular formula is C24H19BrN4O3S. The molecule has 1 amide bonds. The maximum Gasteiger partial charge on any atom is 0.357 e. The molecule has 0 spiro atoms. The predicted octanol–water partition coefficient (Wildman–Crippen LogP) is 4.73. The molecule has 0 fully saturated rings. The van der Waals surface area contributed by atoms with Gasteiger partial charge in [-0.25, -0.2) is 14.8 Å². The quantitative estimate of drug-likeness (QED) is 0.376.